The molecule has 0 spiro atoms. The maximum absolute atomic E-state index is 10.1. The molecule has 110 valence electrons. The van der Waals surface area contributed by atoms with Gasteiger partial charge in [0.05, 0.1) is 0 Å². The number of nitrogens with one attached hydrogen (secondary N) is 1. The van der Waals surface area contributed by atoms with Crippen molar-refractivity contribution in [3.05, 3.63) is 30.4 Å². The smallest absolute Gasteiger partial charge is 0.200 e. The molecule has 1 aromatic carbocycles. The number of nitrogens with zero attached hydrogens (tertiary/aromatic N) is 1. The lowest BCUT2D eigenvalue weighted by molar-refractivity contribution is 0.163. The minimum absolute atomic E-state index is 0.0154. The lowest BCUT2D eigenvalue weighted by Gasteiger charge is -2.35. The summed E-state index contributed by atoms with van der Waals surface area (Å²) in [6.07, 6.45) is 3.50. The normalized spacial score (nSPS) is 17.8. The summed E-state index contributed by atoms with van der Waals surface area (Å²) in [5.41, 5.74) is 0.657. The van der Waals surface area contributed by atoms with Crippen LogP contribution < -0.4 is 5.32 Å². The number of aromatic hydroxyl groups is 3. The van der Waals surface area contributed by atoms with E-state index in [-0.39, 0.29) is 17.5 Å². The van der Waals surface area contributed by atoms with Crippen LogP contribution in [0.25, 0.3) is 0 Å². The first-order chi connectivity index (χ1) is 9.65. The first-order valence-electron chi connectivity index (χ1n) is 6.94. The summed E-state index contributed by atoms with van der Waals surface area (Å²) in [6.45, 7) is 7.35. The van der Waals surface area contributed by atoms with E-state index in [1.807, 2.05) is 6.08 Å². The third-order valence-corrected chi connectivity index (χ3v) is 3.76. The monoisotopic (exact) mass is 278 g/mol. The fourth-order valence-corrected chi connectivity index (χ4v) is 2.66. The Labute approximate surface area is 119 Å². The minimum Gasteiger partial charge on any atom is -0.504 e. The molecule has 1 fully saturated rings. The van der Waals surface area contributed by atoms with Gasteiger partial charge in [0.15, 0.2) is 11.5 Å². The van der Waals surface area contributed by atoms with Gasteiger partial charge in [-0.2, -0.15) is 0 Å². The zero-order valence-electron chi connectivity index (χ0n) is 11.5. The van der Waals surface area contributed by atoms with Gasteiger partial charge in [0.25, 0.3) is 0 Å². The van der Waals surface area contributed by atoms with Crippen LogP contribution in [0.4, 0.5) is 0 Å². The fourth-order valence-electron chi connectivity index (χ4n) is 2.66. The average Bonchev–Trinajstić information content (AvgIpc) is 2.48. The van der Waals surface area contributed by atoms with Gasteiger partial charge in [-0.05, 0) is 25.0 Å². The highest BCUT2D eigenvalue weighted by molar-refractivity contribution is 5.54. The van der Waals surface area contributed by atoms with Crippen molar-refractivity contribution in [2.75, 3.05) is 26.2 Å². The van der Waals surface area contributed by atoms with Crippen LogP contribution in [-0.2, 0) is 0 Å². The first-order valence-corrected chi connectivity index (χ1v) is 6.94. The highest BCUT2D eigenvalue weighted by Gasteiger charge is 2.25. The molecule has 2 rings (SSSR count). The lowest BCUT2D eigenvalue weighted by Crippen LogP contribution is -2.45. The summed E-state index contributed by atoms with van der Waals surface area (Å²) in [6, 6.07) is 3.12. The van der Waals surface area contributed by atoms with Crippen LogP contribution in [-0.4, -0.2) is 46.4 Å². The van der Waals surface area contributed by atoms with Gasteiger partial charge >= 0.3 is 0 Å². The molecule has 5 heteroatoms. The second kappa shape index (κ2) is 6.63. The summed E-state index contributed by atoms with van der Waals surface area (Å²) in [4.78, 5) is 2.28. The average molecular weight is 278 g/mol. The van der Waals surface area contributed by atoms with Crippen LogP contribution in [0.15, 0.2) is 24.8 Å². The largest absolute Gasteiger partial charge is 0.504 e. The number of benzene rings is 1. The maximum atomic E-state index is 10.1. The maximum Gasteiger partial charge on any atom is 0.200 e. The quantitative estimate of drug-likeness (QED) is 0.487. The van der Waals surface area contributed by atoms with Gasteiger partial charge in [0.1, 0.15) is 0 Å². The molecular formula is C15H22N2O3. The summed E-state index contributed by atoms with van der Waals surface area (Å²) in [7, 11) is 0. The molecule has 5 nitrogen and oxygen atoms in total. The van der Waals surface area contributed by atoms with E-state index in [0.29, 0.717) is 5.56 Å². The third-order valence-electron chi connectivity index (χ3n) is 3.76. The van der Waals surface area contributed by atoms with Gasteiger partial charge in [-0.1, -0.05) is 6.08 Å². The van der Waals surface area contributed by atoms with Crippen LogP contribution in [0, 0.1) is 0 Å². The van der Waals surface area contributed by atoms with Gasteiger partial charge in [-0.15, -0.1) is 6.58 Å². The van der Waals surface area contributed by atoms with Crippen molar-refractivity contribution in [3.8, 4) is 17.2 Å². The Morgan fingerprint density at radius 3 is 2.55 bits per heavy atom. The van der Waals surface area contributed by atoms with Crippen molar-refractivity contribution in [3.63, 3.8) is 0 Å². The zero-order valence-corrected chi connectivity index (χ0v) is 11.5. The third kappa shape index (κ3) is 3.05. The van der Waals surface area contributed by atoms with Crippen molar-refractivity contribution in [2.45, 2.75) is 18.9 Å². The van der Waals surface area contributed by atoms with E-state index in [1.165, 1.54) is 6.07 Å². The number of phenols is 3. The number of phenolic OH excluding ortho intramolecular Hbond substituents is 3. The summed E-state index contributed by atoms with van der Waals surface area (Å²) < 4.78 is 0. The summed E-state index contributed by atoms with van der Waals surface area (Å²) in [5, 5.41) is 32.6. The second-order valence-electron chi connectivity index (χ2n) is 5.04. The first kappa shape index (κ1) is 14.7. The molecule has 1 aliphatic rings. The molecule has 1 saturated heterocycles. The molecule has 0 radical (unpaired) electrons. The van der Waals surface area contributed by atoms with Gasteiger partial charge in [0.2, 0.25) is 5.75 Å². The predicted octanol–water partition coefficient (Wildman–Crippen LogP) is 1.72. The van der Waals surface area contributed by atoms with Crippen molar-refractivity contribution in [1.82, 2.24) is 10.2 Å². The molecule has 1 heterocycles. The summed E-state index contributed by atoms with van der Waals surface area (Å²) >= 11 is 0. The Bertz CT molecular complexity index is 470. The Balaban J connectivity index is 2.29. The summed E-state index contributed by atoms with van der Waals surface area (Å²) in [5.74, 6) is -0.965. The topological polar surface area (TPSA) is 76.0 Å². The highest BCUT2D eigenvalue weighted by atomic mass is 16.3. The van der Waals surface area contributed by atoms with Crippen molar-refractivity contribution in [2.24, 2.45) is 0 Å². The molecule has 0 bridgehead atoms. The van der Waals surface area contributed by atoms with E-state index in [0.717, 1.165) is 39.0 Å². The van der Waals surface area contributed by atoms with Crippen molar-refractivity contribution >= 4 is 0 Å². The molecule has 1 aliphatic heterocycles. The predicted molar refractivity (Wildman–Crippen MR) is 78.1 cm³/mol. The van der Waals surface area contributed by atoms with E-state index in [2.05, 4.69) is 16.8 Å². The van der Waals surface area contributed by atoms with E-state index >= 15 is 0 Å². The molecule has 1 atom stereocenters. The van der Waals surface area contributed by atoms with E-state index in [1.54, 1.807) is 6.07 Å². The Kier molecular flexibility index (Phi) is 4.87. The van der Waals surface area contributed by atoms with Gasteiger partial charge in [-0.25, -0.2) is 0 Å². The Hall–Kier alpha value is -1.72. The molecule has 4 N–H and O–H groups in total. The van der Waals surface area contributed by atoms with E-state index in [4.69, 9.17) is 0 Å². The number of piperazine rings is 1. The lowest BCUT2D eigenvalue weighted by atomic mass is 9.98. The molecule has 0 amide bonds. The van der Waals surface area contributed by atoms with Crippen molar-refractivity contribution in [1.29, 1.82) is 0 Å². The van der Waals surface area contributed by atoms with Gasteiger partial charge in [-0.3, -0.25) is 4.90 Å². The fraction of sp³-hybridized carbons (Fsp3) is 0.467. The molecular weight excluding hydrogens is 256 g/mol. The minimum atomic E-state index is -0.443. The van der Waals surface area contributed by atoms with E-state index in [9.17, 15) is 15.3 Å². The van der Waals surface area contributed by atoms with Crippen molar-refractivity contribution < 1.29 is 15.3 Å². The van der Waals surface area contributed by atoms with Crippen LogP contribution in [0.1, 0.15) is 24.4 Å². The van der Waals surface area contributed by atoms with Crippen LogP contribution in [0.2, 0.25) is 0 Å². The Morgan fingerprint density at radius 2 is 1.90 bits per heavy atom. The SMILES string of the molecule is C=CCC[C@H](c1ccc(O)c(O)c1O)N1CCNCC1. The van der Waals surface area contributed by atoms with Crippen LogP contribution >= 0.6 is 0 Å². The van der Waals surface area contributed by atoms with Crippen LogP contribution in [0.3, 0.4) is 0 Å². The number of allylic oxidation sites excluding steroid dienone is 1. The van der Waals surface area contributed by atoms with Crippen LogP contribution in [0.5, 0.6) is 17.2 Å². The number of rotatable bonds is 5. The molecule has 0 aliphatic carbocycles. The zero-order chi connectivity index (χ0) is 14.5. The van der Waals surface area contributed by atoms with Gasteiger partial charge in [0, 0.05) is 37.8 Å². The molecule has 0 saturated carbocycles. The molecule has 0 aromatic heterocycles. The van der Waals surface area contributed by atoms with E-state index < -0.39 is 5.75 Å². The molecule has 20 heavy (non-hydrogen) atoms. The Morgan fingerprint density at radius 1 is 1.20 bits per heavy atom. The molecule has 1 aromatic rings. The van der Waals surface area contributed by atoms with Gasteiger partial charge < -0.3 is 20.6 Å². The highest BCUT2D eigenvalue weighted by Crippen LogP contribution is 2.42. The number of hydrogen-bond donors (Lipinski definition) is 4. The standard InChI is InChI=1S/C15H22N2O3/c1-2-3-4-12(17-9-7-16-8-10-17)11-5-6-13(18)15(20)14(11)19/h2,5-6,12,16,18-20H,1,3-4,7-10H2/t12-/m1/s1. The second-order valence-corrected chi connectivity index (χ2v) is 5.04. The number of hydrogen-bond acceptors (Lipinski definition) is 5. The molecule has 0 unspecified atom stereocenters.